The molecule has 0 saturated carbocycles. The highest BCUT2D eigenvalue weighted by atomic mass is 16.1. The predicted molar refractivity (Wildman–Crippen MR) is 79.5 cm³/mol. The molecular formula is C15H13N5O2. The van der Waals surface area contributed by atoms with Crippen molar-refractivity contribution in [3.63, 3.8) is 0 Å². The number of nitriles is 1. The van der Waals surface area contributed by atoms with Gasteiger partial charge in [0.05, 0.1) is 5.69 Å². The number of nitrogens with zero attached hydrogens (tertiary/aromatic N) is 5. The topological polar surface area (TPSA) is 91.9 Å². The maximum absolute atomic E-state index is 12.0. The number of ketones is 1. The molecule has 0 atom stereocenters. The third kappa shape index (κ3) is 3.43. The van der Waals surface area contributed by atoms with E-state index in [9.17, 15) is 9.59 Å². The fourth-order valence-corrected chi connectivity index (χ4v) is 1.64. The minimum Gasteiger partial charge on any atom is -0.383 e. The second-order valence-corrected chi connectivity index (χ2v) is 4.63. The average Bonchev–Trinajstić information content (AvgIpc) is 2.53. The van der Waals surface area contributed by atoms with Gasteiger partial charge >= 0.3 is 0 Å². The lowest BCUT2D eigenvalue weighted by Gasteiger charge is -2.06. The molecule has 0 aliphatic rings. The minimum absolute atomic E-state index is 0.184. The van der Waals surface area contributed by atoms with Crippen molar-refractivity contribution >= 4 is 5.78 Å². The molecule has 110 valence electrons. The van der Waals surface area contributed by atoms with E-state index in [2.05, 4.69) is 10.1 Å². The molecule has 0 bridgehead atoms. The van der Waals surface area contributed by atoms with Crippen LogP contribution in [0.3, 0.4) is 0 Å². The summed E-state index contributed by atoms with van der Waals surface area (Å²) >= 11 is 0. The van der Waals surface area contributed by atoms with E-state index in [4.69, 9.17) is 5.26 Å². The first-order valence-electron chi connectivity index (χ1n) is 6.37. The summed E-state index contributed by atoms with van der Waals surface area (Å²) in [5.74, 6) is -0.484. The maximum Gasteiger partial charge on any atom is 0.211 e. The number of allylic oxidation sites excluding steroid dienone is 1. The third-order valence-electron chi connectivity index (χ3n) is 2.69. The van der Waals surface area contributed by atoms with Gasteiger partial charge in [-0.05, 0) is 6.07 Å². The van der Waals surface area contributed by atoms with E-state index < -0.39 is 11.2 Å². The molecular weight excluding hydrogens is 282 g/mol. The molecule has 0 fully saturated rings. The molecule has 22 heavy (non-hydrogen) atoms. The van der Waals surface area contributed by atoms with Crippen molar-refractivity contribution < 1.29 is 4.79 Å². The Balaban J connectivity index is 2.44. The standard InChI is InChI=1S/C15H13N5O2/c1-19(2)7-4-13(21)15-14(22)5-8-20(18-15)12-3-6-17-11(9-12)10-16/h3-9H,1-2H3/b7-4+. The van der Waals surface area contributed by atoms with Gasteiger partial charge in [0.15, 0.2) is 5.69 Å². The molecule has 2 aromatic rings. The summed E-state index contributed by atoms with van der Waals surface area (Å²) in [5, 5.41) is 12.9. The number of carbonyl (C=O) groups is 1. The normalized spacial score (nSPS) is 10.4. The van der Waals surface area contributed by atoms with Gasteiger partial charge in [-0.25, -0.2) is 9.67 Å². The molecule has 0 aliphatic carbocycles. The van der Waals surface area contributed by atoms with Crippen molar-refractivity contribution in [1.82, 2.24) is 19.7 Å². The van der Waals surface area contributed by atoms with Crippen LogP contribution in [-0.4, -0.2) is 39.5 Å². The lowest BCUT2D eigenvalue weighted by atomic mass is 10.2. The van der Waals surface area contributed by atoms with Gasteiger partial charge in [0.1, 0.15) is 11.8 Å². The molecule has 0 radical (unpaired) electrons. The lowest BCUT2D eigenvalue weighted by Crippen LogP contribution is -2.20. The maximum atomic E-state index is 12.0. The summed E-state index contributed by atoms with van der Waals surface area (Å²) in [5.41, 5.74) is 0.116. The molecule has 0 N–H and O–H groups in total. The Hall–Kier alpha value is -3.27. The molecule has 0 saturated heterocycles. The Morgan fingerprint density at radius 1 is 1.41 bits per heavy atom. The summed E-state index contributed by atoms with van der Waals surface area (Å²) in [6.45, 7) is 0. The van der Waals surface area contributed by atoms with E-state index in [0.29, 0.717) is 5.69 Å². The summed E-state index contributed by atoms with van der Waals surface area (Å²) < 4.78 is 1.36. The Labute approximate surface area is 126 Å². The van der Waals surface area contributed by atoms with Crippen molar-refractivity contribution in [3.8, 4) is 11.8 Å². The Kier molecular flexibility index (Phi) is 4.44. The molecule has 7 heteroatoms. The van der Waals surface area contributed by atoms with Gasteiger partial charge in [-0.3, -0.25) is 9.59 Å². The van der Waals surface area contributed by atoms with Crippen molar-refractivity contribution in [2.75, 3.05) is 14.1 Å². The fourth-order valence-electron chi connectivity index (χ4n) is 1.64. The van der Waals surface area contributed by atoms with Gasteiger partial charge in [-0.15, -0.1) is 0 Å². The summed E-state index contributed by atoms with van der Waals surface area (Å²) in [7, 11) is 3.53. The van der Waals surface area contributed by atoms with Crippen molar-refractivity contribution in [1.29, 1.82) is 5.26 Å². The molecule has 0 spiro atoms. The zero-order valence-corrected chi connectivity index (χ0v) is 12.1. The third-order valence-corrected chi connectivity index (χ3v) is 2.69. The van der Waals surface area contributed by atoms with Crippen molar-refractivity contribution in [2.45, 2.75) is 0 Å². The van der Waals surface area contributed by atoms with Crippen LogP contribution >= 0.6 is 0 Å². The van der Waals surface area contributed by atoms with Crippen LogP contribution in [0.5, 0.6) is 0 Å². The van der Waals surface area contributed by atoms with Gasteiger partial charge in [0, 0.05) is 50.9 Å². The first-order chi connectivity index (χ1) is 10.5. The number of pyridine rings is 1. The van der Waals surface area contributed by atoms with E-state index in [0.717, 1.165) is 0 Å². The minimum atomic E-state index is -0.484. The van der Waals surface area contributed by atoms with E-state index in [1.54, 1.807) is 31.3 Å². The highest BCUT2D eigenvalue weighted by Gasteiger charge is 2.11. The van der Waals surface area contributed by atoms with Crippen LogP contribution in [0.4, 0.5) is 0 Å². The fraction of sp³-hybridized carbons (Fsp3) is 0.133. The number of hydrogen-bond acceptors (Lipinski definition) is 6. The molecule has 2 aromatic heterocycles. The molecule has 2 heterocycles. The lowest BCUT2D eigenvalue weighted by molar-refractivity contribution is 0.103. The van der Waals surface area contributed by atoms with E-state index in [1.807, 2.05) is 6.07 Å². The number of rotatable bonds is 4. The molecule has 0 aromatic carbocycles. The molecule has 0 amide bonds. The van der Waals surface area contributed by atoms with Crippen LogP contribution in [0.1, 0.15) is 16.2 Å². The number of aromatic nitrogens is 3. The number of carbonyl (C=O) groups excluding carboxylic acids is 1. The van der Waals surface area contributed by atoms with Gasteiger partial charge < -0.3 is 4.90 Å². The van der Waals surface area contributed by atoms with Crippen LogP contribution < -0.4 is 5.43 Å². The van der Waals surface area contributed by atoms with Crippen molar-refractivity contribution in [2.24, 2.45) is 0 Å². The SMILES string of the molecule is CN(C)/C=C/C(=O)c1nn(-c2ccnc(C#N)c2)ccc1=O. The molecule has 7 nitrogen and oxygen atoms in total. The summed E-state index contributed by atoms with van der Waals surface area (Å²) in [6.07, 6.45) is 5.72. The van der Waals surface area contributed by atoms with Gasteiger partial charge in [0.25, 0.3) is 0 Å². The quantitative estimate of drug-likeness (QED) is 0.610. The Bertz CT molecular complexity index is 830. The summed E-state index contributed by atoms with van der Waals surface area (Å²) in [4.78, 5) is 29.4. The number of hydrogen-bond donors (Lipinski definition) is 0. The first kappa shape index (κ1) is 15.1. The van der Waals surface area contributed by atoms with Crippen LogP contribution in [0.25, 0.3) is 5.69 Å². The second-order valence-electron chi connectivity index (χ2n) is 4.63. The van der Waals surface area contributed by atoms with E-state index in [-0.39, 0.29) is 11.4 Å². The average molecular weight is 295 g/mol. The van der Waals surface area contributed by atoms with Crippen LogP contribution in [-0.2, 0) is 0 Å². The Morgan fingerprint density at radius 3 is 2.86 bits per heavy atom. The predicted octanol–water partition coefficient (Wildman–Crippen LogP) is 0.757. The zero-order valence-electron chi connectivity index (χ0n) is 12.1. The monoisotopic (exact) mass is 295 g/mol. The molecule has 2 rings (SSSR count). The van der Waals surface area contributed by atoms with Gasteiger partial charge in [0.2, 0.25) is 11.2 Å². The molecule has 0 aliphatic heterocycles. The largest absolute Gasteiger partial charge is 0.383 e. The zero-order chi connectivity index (χ0) is 16.1. The first-order valence-corrected chi connectivity index (χ1v) is 6.37. The van der Waals surface area contributed by atoms with E-state index >= 15 is 0 Å². The summed E-state index contributed by atoms with van der Waals surface area (Å²) in [6, 6.07) is 6.32. The van der Waals surface area contributed by atoms with Gasteiger partial charge in [-0.2, -0.15) is 10.4 Å². The highest BCUT2D eigenvalue weighted by molar-refractivity contribution is 6.02. The molecule has 0 unspecified atom stereocenters. The van der Waals surface area contributed by atoms with Crippen LogP contribution in [0.2, 0.25) is 0 Å². The van der Waals surface area contributed by atoms with E-state index in [1.165, 1.54) is 35.3 Å². The highest BCUT2D eigenvalue weighted by Crippen LogP contribution is 2.06. The second kappa shape index (κ2) is 6.45. The van der Waals surface area contributed by atoms with Gasteiger partial charge in [-0.1, -0.05) is 0 Å². The smallest absolute Gasteiger partial charge is 0.211 e. The van der Waals surface area contributed by atoms with Crippen LogP contribution in [0, 0.1) is 11.3 Å². The Morgan fingerprint density at radius 2 is 2.18 bits per heavy atom. The van der Waals surface area contributed by atoms with Crippen LogP contribution in [0.15, 0.2) is 47.7 Å². The van der Waals surface area contributed by atoms with Crippen molar-refractivity contribution in [3.05, 3.63) is 64.5 Å².